The maximum Gasteiger partial charge on any atom is 0.332 e. The standard InChI is InChI=1S/C26H24F3N3O4S/c1-35-21-11-15(27)3-4-17(21)22-12-20-24(37-22)25(33)32(16-5-7-30-8-6-16)26(34)31(20)13-14-9-18(28)23(36-2)19(29)10-14/h3-4,9-12,16,30H,5-8,13H2,1-2H3. The number of aromatic nitrogens is 2. The number of benzene rings is 2. The third kappa shape index (κ3) is 4.53. The lowest BCUT2D eigenvalue weighted by Gasteiger charge is -2.25. The molecule has 0 aliphatic carbocycles. The Morgan fingerprint density at radius 2 is 1.70 bits per heavy atom. The molecule has 5 rings (SSSR count). The summed E-state index contributed by atoms with van der Waals surface area (Å²) in [5.41, 5.74) is 0.0903. The number of nitrogens with zero attached hydrogens (tertiary/aromatic N) is 2. The Labute approximate surface area is 213 Å². The average Bonchev–Trinajstić information content (AvgIpc) is 3.32. The van der Waals surface area contributed by atoms with Gasteiger partial charge in [-0.1, -0.05) is 0 Å². The van der Waals surface area contributed by atoms with Crippen LogP contribution in [0.2, 0.25) is 0 Å². The van der Waals surface area contributed by atoms with Crippen molar-refractivity contribution < 1.29 is 22.6 Å². The van der Waals surface area contributed by atoms with Crippen LogP contribution in [0.1, 0.15) is 24.4 Å². The fraction of sp³-hybridized carbons (Fsp3) is 0.308. The topological polar surface area (TPSA) is 74.5 Å². The van der Waals surface area contributed by atoms with E-state index in [0.717, 1.165) is 23.5 Å². The van der Waals surface area contributed by atoms with E-state index >= 15 is 0 Å². The molecule has 0 amide bonds. The van der Waals surface area contributed by atoms with Crippen LogP contribution in [0, 0.1) is 17.5 Å². The lowest BCUT2D eigenvalue weighted by Crippen LogP contribution is -2.45. The summed E-state index contributed by atoms with van der Waals surface area (Å²) in [7, 11) is 2.58. The van der Waals surface area contributed by atoms with Gasteiger partial charge >= 0.3 is 5.69 Å². The summed E-state index contributed by atoms with van der Waals surface area (Å²) >= 11 is 1.16. The monoisotopic (exact) mass is 531 g/mol. The van der Waals surface area contributed by atoms with Gasteiger partial charge in [0.05, 0.1) is 26.3 Å². The highest BCUT2D eigenvalue weighted by Crippen LogP contribution is 2.38. The molecule has 1 saturated heterocycles. The summed E-state index contributed by atoms with van der Waals surface area (Å²) in [5, 5.41) is 3.22. The first-order chi connectivity index (χ1) is 17.8. The molecule has 37 heavy (non-hydrogen) atoms. The van der Waals surface area contributed by atoms with E-state index in [0.29, 0.717) is 46.6 Å². The number of fused-ring (bicyclic) bond motifs is 1. The van der Waals surface area contributed by atoms with Gasteiger partial charge in [-0.25, -0.2) is 18.0 Å². The minimum absolute atomic E-state index is 0.171. The van der Waals surface area contributed by atoms with Gasteiger partial charge in [0, 0.05) is 22.5 Å². The quantitative estimate of drug-likeness (QED) is 0.402. The van der Waals surface area contributed by atoms with E-state index in [2.05, 4.69) is 5.32 Å². The van der Waals surface area contributed by atoms with E-state index in [-0.39, 0.29) is 23.9 Å². The van der Waals surface area contributed by atoms with Crippen molar-refractivity contribution in [2.75, 3.05) is 27.3 Å². The van der Waals surface area contributed by atoms with Crippen LogP contribution in [-0.2, 0) is 6.54 Å². The Morgan fingerprint density at radius 1 is 1.00 bits per heavy atom. The van der Waals surface area contributed by atoms with Crippen LogP contribution in [0.5, 0.6) is 11.5 Å². The molecule has 2 aromatic carbocycles. The number of nitrogens with one attached hydrogen (secondary N) is 1. The highest BCUT2D eigenvalue weighted by molar-refractivity contribution is 7.22. The Hall–Kier alpha value is -3.57. The molecule has 7 nitrogen and oxygen atoms in total. The van der Waals surface area contributed by atoms with Gasteiger partial charge in [0.2, 0.25) is 0 Å². The lowest BCUT2D eigenvalue weighted by molar-refractivity contribution is 0.346. The summed E-state index contributed by atoms with van der Waals surface area (Å²) < 4.78 is 55.7. The SMILES string of the molecule is COc1cc(F)ccc1-c1cc2c(s1)c(=O)n(C1CCNCC1)c(=O)n2Cc1cc(F)c(OC)c(F)c1. The molecule has 0 bridgehead atoms. The van der Waals surface area contributed by atoms with Gasteiger partial charge in [0.1, 0.15) is 16.3 Å². The smallest absolute Gasteiger partial charge is 0.332 e. The van der Waals surface area contributed by atoms with E-state index in [1.54, 1.807) is 12.1 Å². The van der Waals surface area contributed by atoms with Crippen molar-refractivity contribution in [3.8, 4) is 21.9 Å². The molecule has 0 unspecified atom stereocenters. The van der Waals surface area contributed by atoms with Gasteiger partial charge in [-0.2, -0.15) is 0 Å². The molecule has 1 aliphatic heterocycles. The van der Waals surface area contributed by atoms with E-state index in [1.807, 2.05) is 0 Å². The number of rotatable bonds is 6. The molecule has 0 spiro atoms. The van der Waals surface area contributed by atoms with Crippen LogP contribution in [-0.4, -0.2) is 36.4 Å². The van der Waals surface area contributed by atoms with Gasteiger partial charge in [-0.15, -0.1) is 11.3 Å². The minimum atomic E-state index is -0.893. The molecule has 11 heteroatoms. The number of piperidine rings is 1. The van der Waals surface area contributed by atoms with Crippen LogP contribution in [0.4, 0.5) is 13.2 Å². The second-order valence-electron chi connectivity index (χ2n) is 8.79. The van der Waals surface area contributed by atoms with Crippen molar-refractivity contribution >= 4 is 21.6 Å². The van der Waals surface area contributed by atoms with E-state index in [4.69, 9.17) is 9.47 Å². The maximum atomic E-state index is 14.4. The lowest BCUT2D eigenvalue weighted by atomic mass is 10.1. The second-order valence-corrected chi connectivity index (χ2v) is 9.84. The van der Waals surface area contributed by atoms with Crippen molar-refractivity contribution in [2.45, 2.75) is 25.4 Å². The second kappa shape index (κ2) is 10.1. The Balaban J connectivity index is 1.74. The highest BCUT2D eigenvalue weighted by Gasteiger charge is 2.25. The zero-order valence-corrected chi connectivity index (χ0v) is 21.0. The van der Waals surface area contributed by atoms with E-state index < -0.39 is 34.5 Å². The summed E-state index contributed by atoms with van der Waals surface area (Å²) in [6, 6.07) is 7.62. The van der Waals surface area contributed by atoms with Crippen molar-refractivity contribution in [1.82, 2.24) is 14.5 Å². The van der Waals surface area contributed by atoms with Gasteiger partial charge in [-0.05, 0) is 61.8 Å². The molecule has 194 valence electrons. The number of hydrogen-bond donors (Lipinski definition) is 1. The number of thiophene rings is 1. The van der Waals surface area contributed by atoms with Crippen LogP contribution in [0.25, 0.3) is 20.7 Å². The largest absolute Gasteiger partial charge is 0.496 e. The summed E-state index contributed by atoms with van der Waals surface area (Å²) in [6.45, 7) is 1.15. The van der Waals surface area contributed by atoms with Gasteiger partial charge < -0.3 is 14.8 Å². The highest BCUT2D eigenvalue weighted by atomic mass is 32.1. The minimum Gasteiger partial charge on any atom is -0.496 e. The van der Waals surface area contributed by atoms with Crippen molar-refractivity contribution in [2.24, 2.45) is 0 Å². The van der Waals surface area contributed by atoms with Crippen LogP contribution >= 0.6 is 11.3 Å². The molecule has 2 aromatic heterocycles. The Bertz CT molecular complexity index is 1580. The third-order valence-electron chi connectivity index (χ3n) is 6.56. The molecule has 4 aromatic rings. The predicted molar refractivity (Wildman–Crippen MR) is 135 cm³/mol. The van der Waals surface area contributed by atoms with Crippen LogP contribution < -0.4 is 26.0 Å². The molecule has 0 saturated carbocycles. The van der Waals surface area contributed by atoms with Crippen LogP contribution in [0.15, 0.2) is 46.0 Å². The number of ether oxygens (including phenoxy) is 2. The molecular formula is C26H24F3N3O4S. The fourth-order valence-corrected chi connectivity index (χ4v) is 5.92. The third-order valence-corrected chi connectivity index (χ3v) is 7.70. The zero-order chi connectivity index (χ0) is 26.3. The maximum absolute atomic E-state index is 14.4. The first-order valence-electron chi connectivity index (χ1n) is 11.7. The van der Waals surface area contributed by atoms with Gasteiger partial charge in [0.15, 0.2) is 17.4 Å². The van der Waals surface area contributed by atoms with E-state index in [9.17, 15) is 22.8 Å². The first-order valence-corrected chi connectivity index (χ1v) is 12.5. The zero-order valence-electron chi connectivity index (χ0n) is 20.1. The number of hydrogen-bond acceptors (Lipinski definition) is 6. The molecule has 0 radical (unpaired) electrons. The first kappa shape index (κ1) is 25.1. The molecule has 0 atom stereocenters. The Kier molecular flexibility index (Phi) is 6.82. The number of methoxy groups -OCH3 is 2. The molecule has 1 aliphatic rings. The molecular weight excluding hydrogens is 507 g/mol. The van der Waals surface area contributed by atoms with Crippen molar-refractivity contribution in [1.29, 1.82) is 0 Å². The average molecular weight is 532 g/mol. The summed E-state index contributed by atoms with van der Waals surface area (Å²) in [4.78, 5) is 27.9. The predicted octanol–water partition coefficient (Wildman–Crippen LogP) is 4.30. The van der Waals surface area contributed by atoms with Crippen molar-refractivity contribution in [3.63, 3.8) is 0 Å². The molecule has 1 fully saturated rings. The normalized spacial score (nSPS) is 14.3. The number of halogens is 3. The van der Waals surface area contributed by atoms with E-state index in [1.165, 1.54) is 35.5 Å². The van der Waals surface area contributed by atoms with Gasteiger partial charge in [0.25, 0.3) is 5.56 Å². The fourth-order valence-electron chi connectivity index (χ4n) is 4.79. The summed E-state index contributed by atoms with van der Waals surface area (Å²) in [6.07, 6.45) is 1.19. The molecule has 3 heterocycles. The van der Waals surface area contributed by atoms with Gasteiger partial charge in [-0.3, -0.25) is 13.9 Å². The van der Waals surface area contributed by atoms with Crippen LogP contribution in [0.3, 0.4) is 0 Å². The van der Waals surface area contributed by atoms with Crippen molar-refractivity contribution in [3.05, 3.63) is 80.3 Å². The summed E-state index contributed by atoms with van der Waals surface area (Å²) in [5.74, 6) is -2.50. The Morgan fingerprint density at radius 3 is 2.35 bits per heavy atom. The molecule has 1 N–H and O–H groups in total.